The summed E-state index contributed by atoms with van der Waals surface area (Å²) in [6.07, 6.45) is 3.12. The fourth-order valence-corrected chi connectivity index (χ4v) is 16.5. The van der Waals surface area contributed by atoms with Gasteiger partial charge in [0, 0.05) is 37.9 Å². The van der Waals surface area contributed by atoms with E-state index in [4.69, 9.17) is 24.2 Å². The molecular formula is C53H67FN6O4SSi. The van der Waals surface area contributed by atoms with Crippen LogP contribution in [0.15, 0.2) is 59.9 Å². The molecule has 7 rings (SSSR count). The van der Waals surface area contributed by atoms with Gasteiger partial charge < -0.3 is 23.7 Å². The van der Waals surface area contributed by atoms with Gasteiger partial charge in [-0.3, -0.25) is 4.90 Å². The predicted octanol–water partition coefficient (Wildman–Crippen LogP) is 12.4. The number of hydrogen-bond donors (Lipinski definition) is 0. The number of pyridine rings is 1. The molecule has 0 N–H and O–H groups in total. The minimum atomic E-state index is -2.24. The van der Waals surface area contributed by atoms with Crippen molar-refractivity contribution >= 4 is 53.6 Å². The van der Waals surface area contributed by atoms with Crippen molar-refractivity contribution in [1.82, 2.24) is 19.4 Å². The Morgan fingerprint density at radius 2 is 1.59 bits per heavy atom. The first-order valence-corrected chi connectivity index (χ1v) is 26.6. The fraction of sp³-hybridized carbons (Fsp3) is 0.509. The largest absolute Gasteiger partial charge is 0.468 e. The van der Waals surface area contributed by atoms with Gasteiger partial charge in [0.2, 0.25) is 0 Å². The lowest BCUT2D eigenvalue weighted by Gasteiger charge is -2.42. The molecule has 2 fully saturated rings. The highest BCUT2D eigenvalue weighted by molar-refractivity contribution is 7.98. The summed E-state index contributed by atoms with van der Waals surface area (Å²) in [7, 11) is -0.667. The summed E-state index contributed by atoms with van der Waals surface area (Å²) in [6.45, 7) is 27.1. The maximum atomic E-state index is 16.4. The van der Waals surface area contributed by atoms with Gasteiger partial charge in [-0.15, -0.1) is 5.54 Å². The predicted molar refractivity (Wildman–Crippen MR) is 267 cm³/mol. The third-order valence-corrected chi connectivity index (χ3v) is 20.8. The van der Waals surface area contributed by atoms with E-state index in [1.807, 2.05) is 42.4 Å². The quantitative estimate of drug-likeness (QED) is 0.0523. The van der Waals surface area contributed by atoms with Crippen molar-refractivity contribution in [3.05, 3.63) is 88.5 Å². The van der Waals surface area contributed by atoms with E-state index in [0.717, 1.165) is 29.4 Å². The standard InChI is InChI=1S/C53H67FN6O4SSi/c1-33(2)66(34(3)4,35(5)6)23-22-43-45(54)21-16-37-24-42(63-32-62-13)25-38(46(37)43)27-59-31-56-47-48(59)44(26-55)49(57-50(47)65-30-36-14-17-39(18-15-36)52(7,8)9)58-28-40-19-20-41(29-58)60(40)51(61)64-53(10,11)12/h14-18,21,24-25,31,33-35,40-41H,19-20,27-30,32H2,1-13H3/t40-,41+. The summed E-state index contributed by atoms with van der Waals surface area (Å²) in [5.41, 5.74) is 9.48. The van der Waals surface area contributed by atoms with Gasteiger partial charge in [0.25, 0.3) is 0 Å². The van der Waals surface area contributed by atoms with E-state index >= 15 is 4.39 Å². The summed E-state index contributed by atoms with van der Waals surface area (Å²) in [4.78, 5) is 27.9. The van der Waals surface area contributed by atoms with Crippen molar-refractivity contribution in [3.8, 4) is 23.3 Å². The Bertz CT molecular complexity index is 2670. The Labute approximate surface area is 396 Å². The Kier molecular flexibility index (Phi) is 14.3. The van der Waals surface area contributed by atoms with Crippen LogP contribution in [0.2, 0.25) is 16.6 Å². The minimum Gasteiger partial charge on any atom is -0.468 e. The number of anilines is 1. The average molecular weight is 931 g/mol. The van der Waals surface area contributed by atoms with Crippen LogP contribution in [0.3, 0.4) is 0 Å². The molecule has 350 valence electrons. The van der Waals surface area contributed by atoms with Crippen LogP contribution in [-0.2, 0) is 27.2 Å². The number of carbonyl (C=O) groups is 1. The zero-order valence-corrected chi connectivity index (χ0v) is 43.0. The SMILES string of the molecule is COCOc1cc(Cn2cnc3c(SCc4ccc(C(C)(C)C)cc4)nc(N4C[C@H]5CC[C@@H](C4)N5C(=O)OC(C)(C)C)c(C#N)c32)c2c(C#C[Si](C(C)C)(C(C)C)C(C)C)c(F)ccc2c1. The van der Waals surface area contributed by atoms with E-state index in [9.17, 15) is 10.1 Å². The zero-order chi connectivity index (χ0) is 47.9. The Morgan fingerprint density at radius 1 is 0.939 bits per heavy atom. The van der Waals surface area contributed by atoms with Crippen molar-refractivity contribution in [2.45, 2.75) is 153 Å². The van der Waals surface area contributed by atoms with Gasteiger partial charge in [-0.2, -0.15) is 5.26 Å². The second kappa shape index (κ2) is 19.3. The summed E-state index contributed by atoms with van der Waals surface area (Å²) < 4.78 is 35.6. The van der Waals surface area contributed by atoms with Crippen LogP contribution in [0.5, 0.6) is 5.75 Å². The topological polar surface area (TPSA) is 106 Å². The number of ether oxygens (including phenoxy) is 3. The van der Waals surface area contributed by atoms with Gasteiger partial charge in [-0.05, 0) is 95.9 Å². The van der Waals surface area contributed by atoms with Crippen molar-refractivity contribution in [2.24, 2.45) is 0 Å². The molecule has 0 radical (unpaired) electrons. The molecule has 66 heavy (non-hydrogen) atoms. The smallest absolute Gasteiger partial charge is 0.410 e. The molecule has 0 unspecified atom stereocenters. The summed E-state index contributed by atoms with van der Waals surface area (Å²) in [5, 5.41) is 13.4. The summed E-state index contributed by atoms with van der Waals surface area (Å²) in [6, 6.07) is 18.2. The lowest BCUT2D eigenvalue weighted by atomic mass is 9.87. The molecular weight excluding hydrogens is 864 g/mol. The molecule has 2 aliphatic rings. The molecule has 5 aromatic rings. The van der Waals surface area contributed by atoms with Crippen molar-refractivity contribution < 1.29 is 23.4 Å². The van der Waals surface area contributed by atoms with Gasteiger partial charge >= 0.3 is 6.09 Å². The Morgan fingerprint density at radius 3 is 2.17 bits per heavy atom. The first-order valence-electron chi connectivity index (χ1n) is 23.3. The van der Waals surface area contributed by atoms with Crippen LogP contribution < -0.4 is 9.64 Å². The fourth-order valence-electron chi connectivity index (χ4n) is 10.3. The Hall–Kier alpha value is -5.08. The number of carbonyl (C=O) groups excluding carboxylic acids is 1. The van der Waals surface area contributed by atoms with Crippen molar-refractivity contribution in [2.75, 3.05) is 31.9 Å². The average Bonchev–Trinajstić information content (AvgIpc) is 3.78. The van der Waals surface area contributed by atoms with E-state index in [1.165, 1.54) is 11.6 Å². The molecule has 2 bridgehead atoms. The molecule has 1 amide bonds. The number of aromatic nitrogens is 3. The van der Waals surface area contributed by atoms with Crippen LogP contribution >= 0.6 is 11.8 Å². The van der Waals surface area contributed by atoms with Crippen LogP contribution in [0.1, 0.15) is 124 Å². The van der Waals surface area contributed by atoms with Crippen LogP contribution in [0.25, 0.3) is 21.8 Å². The molecule has 0 spiro atoms. The molecule has 10 nitrogen and oxygen atoms in total. The molecule has 13 heteroatoms. The van der Waals surface area contributed by atoms with Gasteiger partial charge in [0.1, 0.15) is 53.2 Å². The number of piperazine rings is 1. The molecule has 0 aliphatic carbocycles. The first kappa shape index (κ1) is 48.8. The molecule has 2 saturated heterocycles. The number of amides is 1. The molecule has 3 aromatic carbocycles. The van der Waals surface area contributed by atoms with E-state index < -0.39 is 13.7 Å². The minimum absolute atomic E-state index is 0.0313. The number of halogens is 1. The molecule has 0 saturated carbocycles. The number of imidazole rings is 1. The normalized spacial score (nSPS) is 16.7. The summed E-state index contributed by atoms with van der Waals surface area (Å²) >= 11 is 1.59. The third kappa shape index (κ3) is 9.81. The number of methoxy groups -OCH3 is 1. The lowest BCUT2D eigenvalue weighted by molar-refractivity contribution is 0.0122. The van der Waals surface area contributed by atoms with E-state index in [-0.39, 0.29) is 42.7 Å². The number of nitriles is 1. The zero-order valence-electron chi connectivity index (χ0n) is 41.1. The van der Waals surface area contributed by atoms with Crippen LogP contribution in [-0.4, -0.2) is 78.3 Å². The Balaban J connectivity index is 1.38. The first-order chi connectivity index (χ1) is 31.2. The summed E-state index contributed by atoms with van der Waals surface area (Å²) in [5.74, 6) is 4.86. The number of thioether (sulfide) groups is 1. The van der Waals surface area contributed by atoms with Crippen molar-refractivity contribution in [1.29, 1.82) is 5.26 Å². The molecule has 2 aromatic heterocycles. The lowest BCUT2D eigenvalue weighted by Crippen LogP contribution is -2.57. The molecule has 2 atom stereocenters. The van der Waals surface area contributed by atoms with Crippen LogP contribution in [0, 0.1) is 28.6 Å². The number of rotatable bonds is 12. The van der Waals surface area contributed by atoms with Gasteiger partial charge in [-0.25, -0.2) is 19.2 Å². The van der Waals surface area contributed by atoms with E-state index in [2.05, 4.69) is 109 Å². The maximum absolute atomic E-state index is 16.4. The van der Waals surface area contributed by atoms with E-state index in [0.29, 0.717) is 79.6 Å². The number of hydrogen-bond acceptors (Lipinski definition) is 9. The van der Waals surface area contributed by atoms with Crippen LogP contribution in [0.4, 0.5) is 15.0 Å². The second-order valence-corrected chi connectivity index (χ2v) is 27.6. The maximum Gasteiger partial charge on any atom is 0.410 e. The van der Waals surface area contributed by atoms with Gasteiger partial charge in [0.05, 0.1) is 29.5 Å². The monoisotopic (exact) mass is 930 g/mol. The van der Waals surface area contributed by atoms with Crippen molar-refractivity contribution in [3.63, 3.8) is 0 Å². The number of nitrogens with zero attached hydrogens (tertiary/aromatic N) is 6. The van der Waals surface area contributed by atoms with Gasteiger partial charge in [0.15, 0.2) is 6.79 Å². The van der Waals surface area contributed by atoms with Gasteiger partial charge in [-0.1, -0.05) is 110 Å². The highest BCUT2D eigenvalue weighted by Crippen LogP contribution is 2.43. The highest BCUT2D eigenvalue weighted by atomic mass is 32.2. The molecule has 2 aliphatic heterocycles. The third-order valence-electron chi connectivity index (χ3n) is 13.5. The molecule has 4 heterocycles. The number of benzene rings is 3. The second-order valence-electron chi connectivity index (χ2n) is 21.0. The number of fused-ring (bicyclic) bond motifs is 4. The highest BCUT2D eigenvalue weighted by Gasteiger charge is 2.46. The van der Waals surface area contributed by atoms with E-state index in [1.54, 1.807) is 31.3 Å².